The van der Waals surface area contributed by atoms with Crippen molar-refractivity contribution >= 4 is 0 Å². The molecule has 0 bridgehead atoms. The van der Waals surface area contributed by atoms with Crippen molar-refractivity contribution in [3.05, 3.63) is 18.2 Å². The molecule has 4 nitrogen and oxygen atoms in total. The van der Waals surface area contributed by atoms with Crippen LogP contribution in [0.2, 0.25) is 0 Å². The Labute approximate surface area is 130 Å². The molecule has 122 valence electrons. The van der Waals surface area contributed by atoms with E-state index in [2.05, 4.69) is 67.8 Å². The van der Waals surface area contributed by atoms with Gasteiger partial charge in [-0.2, -0.15) is 0 Å². The van der Waals surface area contributed by atoms with Crippen LogP contribution in [0, 0.1) is 0 Å². The maximum Gasteiger partial charge on any atom is 0.110 e. The van der Waals surface area contributed by atoms with Crippen molar-refractivity contribution in [2.24, 2.45) is 0 Å². The number of hydrogen-bond donors (Lipinski definition) is 1. The molecular formula is C17H34N4. The van der Waals surface area contributed by atoms with Crippen LogP contribution in [0.15, 0.2) is 12.4 Å². The van der Waals surface area contributed by atoms with Crippen molar-refractivity contribution in [3.8, 4) is 0 Å². The molecular weight excluding hydrogens is 260 g/mol. The van der Waals surface area contributed by atoms with Gasteiger partial charge in [-0.3, -0.25) is 0 Å². The summed E-state index contributed by atoms with van der Waals surface area (Å²) < 4.78 is 2.30. The first-order valence-corrected chi connectivity index (χ1v) is 8.46. The monoisotopic (exact) mass is 294 g/mol. The molecule has 0 saturated carbocycles. The number of aromatic nitrogens is 2. The molecule has 0 aliphatic carbocycles. The fourth-order valence-corrected chi connectivity index (χ4v) is 3.54. The summed E-state index contributed by atoms with van der Waals surface area (Å²) >= 11 is 0. The maximum atomic E-state index is 4.60. The van der Waals surface area contributed by atoms with E-state index in [1.165, 1.54) is 5.82 Å². The normalized spacial score (nSPS) is 13.9. The molecule has 1 heterocycles. The predicted octanol–water partition coefficient (Wildman–Crippen LogP) is 2.93. The second-order valence-electron chi connectivity index (χ2n) is 6.06. The lowest BCUT2D eigenvalue weighted by Crippen LogP contribution is -2.59. The molecule has 1 unspecified atom stereocenters. The molecule has 1 aromatic heterocycles. The molecule has 0 amide bonds. The van der Waals surface area contributed by atoms with E-state index < -0.39 is 0 Å². The second kappa shape index (κ2) is 8.54. The molecule has 0 saturated heterocycles. The van der Waals surface area contributed by atoms with Crippen molar-refractivity contribution in [2.45, 2.75) is 71.5 Å². The Morgan fingerprint density at radius 2 is 1.90 bits per heavy atom. The van der Waals surface area contributed by atoms with Gasteiger partial charge >= 0.3 is 0 Å². The minimum absolute atomic E-state index is 0.180. The number of rotatable bonds is 10. The van der Waals surface area contributed by atoms with Gasteiger partial charge in [0.05, 0.1) is 0 Å². The molecule has 0 aromatic carbocycles. The lowest BCUT2D eigenvalue weighted by molar-refractivity contribution is 0.0876. The number of nitrogens with zero attached hydrogens (tertiary/aromatic N) is 3. The van der Waals surface area contributed by atoms with Gasteiger partial charge in [0.15, 0.2) is 0 Å². The van der Waals surface area contributed by atoms with E-state index in [9.17, 15) is 0 Å². The van der Waals surface area contributed by atoms with Crippen molar-refractivity contribution in [1.29, 1.82) is 0 Å². The second-order valence-corrected chi connectivity index (χ2v) is 6.06. The third kappa shape index (κ3) is 4.07. The third-order valence-corrected chi connectivity index (χ3v) is 4.87. The topological polar surface area (TPSA) is 33.1 Å². The largest absolute Gasteiger partial charge is 0.335 e. The van der Waals surface area contributed by atoms with Crippen LogP contribution in [0.1, 0.15) is 52.8 Å². The van der Waals surface area contributed by atoms with Gasteiger partial charge in [0.25, 0.3) is 0 Å². The molecule has 1 atom stereocenters. The highest BCUT2D eigenvalue weighted by molar-refractivity contribution is 5.04. The van der Waals surface area contributed by atoms with Gasteiger partial charge < -0.3 is 14.8 Å². The summed E-state index contributed by atoms with van der Waals surface area (Å²) in [6.45, 7) is 11.1. The molecule has 1 N–H and O–H groups in total. The van der Waals surface area contributed by atoms with Crippen LogP contribution in [-0.4, -0.2) is 46.7 Å². The van der Waals surface area contributed by atoms with Crippen LogP contribution in [0.5, 0.6) is 0 Å². The summed E-state index contributed by atoms with van der Waals surface area (Å²) in [5.74, 6) is 1.20. The zero-order valence-electron chi connectivity index (χ0n) is 14.8. The molecule has 0 aliphatic rings. The summed E-state index contributed by atoms with van der Waals surface area (Å²) in [4.78, 5) is 7.00. The van der Waals surface area contributed by atoms with Gasteiger partial charge in [0, 0.05) is 36.9 Å². The van der Waals surface area contributed by atoms with Gasteiger partial charge in [-0.05, 0) is 39.9 Å². The van der Waals surface area contributed by atoms with Crippen LogP contribution in [0.4, 0.5) is 0 Å². The number of hydrogen-bond acceptors (Lipinski definition) is 3. The molecule has 0 radical (unpaired) electrons. The van der Waals surface area contributed by atoms with Crippen LogP contribution < -0.4 is 5.32 Å². The number of imidazole rings is 1. The Bertz CT molecular complexity index is 393. The molecule has 1 rings (SSSR count). The highest BCUT2D eigenvalue weighted by atomic mass is 15.2. The van der Waals surface area contributed by atoms with Crippen molar-refractivity contribution in [3.63, 3.8) is 0 Å². The minimum Gasteiger partial charge on any atom is -0.335 e. The lowest BCUT2D eigenvalue weighted by Gasteiger charge is -2.45. The molecule has 21 heavy (non-hydrogen) atoms. The Morgan fingerprint density at radius 3 is 2.38 bits per heavy atom. The van der Waals surface area contributed by atoms with Gasteiger partial charge in [-0.1, -0.05) is 27.7 Å². The van der Waals surface area contributed by atoms with E-state index in [1.807, 2.05) is 6.20 Å². The first kappa shape index (κ1) is 18.2. The predicted molar refractivity (Wildman–Crippen MR) is 90.7 cm³/mol. The Balaban J connectivity index is 3.02. The fourth-order valence-electron chi connectivity index (χ4n) is 3.54. The number of aryl methyl sites for hydroxylation is 1. The van der Waals surface area contributed by atoms with Crippen molar-refractivity contribution in [1.82, 2.24) is 19.8 Å². The summed E-state index contributed by atoms with van der Waals surface area (Å²) in [5, 5.41) is 3.72. The fraction of sp³-hybridized carbons (Fsp3) is 0.824. The maximum absolute atomic E-state index is 4.60. The van der Waals surface area contributed by atoms with Crippen LogP contribution in [-0.2, 0) is 13.0 Å². The SMILES string of the molecule is CCCn1ccnc1CC(NCC)C(CC)(CC)N(C)C. The van der Waals surface area contributed by atoms with Crippen LogP contribution >= 0.6 is 0 Å². The number of nitrogens with one attached hydrogen (secondary N) is 1. The summed E-state index contributed by atoms with van der Waals surface area (Å²) in [5.41, 5.74) is 0.180. The van der Waals surface area contributed by atoms with Gasteiger partial charge in [0.2, 0.25) is 0 Å². The summed E-state index contributed by atoms with van der Waals surface area (Å²) in [6, 6.07) is 0.422. The van der Waals surface area contributed by atoms with Crippen LogP contribution in [0.3, 0.4) is 0 Å². The van der Waals surface area contributed by atoms with E-state index in [1.54, 1.807) is 0 Å². The Morgan fingerprint density at radius 1 is 1.24 bits per heavy atom. The van der Waals surface area contributed by atoms with E-state index >= 15 is 0 Å². The van der Waals surface area contributed by atoms with E-state index in [4.69, 9.17) is 0 Å². The number of likely N-dealkylation sites (N-methyl/N-ethyl adjacent to an activating group) is 2. The average Bonchev–Trinajstić information content (AvgIpc) is 2.88. The van der Waals surface area contributed by atoms with Gasteiger partial charge in [0.1, 0.15) is 5.82 Å². The molecule has 4 heteroatoms. The molecule has 0 aliphatic heterocycles. The highest BCUT2D eigenvalue weighted by Gasteiger charge is 2.37. The molecule has 0 spiro atoms. The zero-order valence-corrected chi connectivity index (χ0v) is 14.8. The molecule has 1 aromatic rings. The Kier molecular flexibility index (Phi) is 7.40. The first-order chi connectivity index (χ1) is 10.1. The zero-order chi connectivity index (χ0) is 15.9. The quantitative estimate of drug-likeness (QED) is 0.720. The first-order valence-electron chi connectivity index (χ1n) is 8.46. The summed E-state index contributed by atoms with van der Waals surface area (Å²) in [6.07, 6.45) is 8.46. The lowest BCUT2D eigenvalue weighted by atomic mass is 9.81. The highest BCUT2D eigenvalue weighted by Crippen LogP contribution is 2.28. The van der Waals surface area contributed by atoms with E-state index in [0.29, 0.717) is 6.04 Å². The van der Waals surface area contributed by atoms with Gasteiger partial charge in [-0.15, -0.1) is 0 Å². The van der Waals surface area contributed by atoms with E-state index in [-0.39, 0.29) is 5.54 Å². The van der Waals surface area contributed by atoms with Crippen LogP contribution in [0.25, 0.3) is 0 Å². The van der Waals surface area contributed by atoms with Crippen molar-refractivity contribution < 1.29 is 0 Å². The summed E-state index contributed by atoms with van der Waals surface area (Å²) in [7, 11) is 4.41. The smallest absolute Gasteiger partial charge is 0.110 e. The average molecular weight is 294 g/mol. The van der Waals surface area contributed by atoms with E-state index in [0.717, 1.165) is 38.8 Å². The van der Waals surface area contributed by atoms with Gasteiger partial charge in [-0.25, -0.2) is 4.98 Å². The molecule has 0 fully saturated rings. The minimum atomic E-state index is 0.180. The third-order valence-electron chi connectivity index (χ3n) is 4.87. The van der Waals surface area contributed by atoms with Crippen molar-refractivity contribution in [2.75, 3.05) is 20.6 Å². The standard InChI is InChI=1S/C17H34N4/c1-7-12-21-13-11-19-16(21)14-15(18-10-4)17(8-2,9-3)20(5)6/h11,13,15,18H,7-10,12,14H2,1-6H3. The Hall–Kier alpha value is -0.870.